The lowest BCUT2D eigenvalue weighted by molar-refractivity contribution is 0.230. The second-order valence-electron chi connectivity index (χ2n) is 8.77. The molecule has 0 bridgehead atoms. The molecule has 0 amide bonds. The van der Waals surface area contributed by atoms with E-state index in [2.05, 4.69) is 20.0 Å². The van der Waals surface area contributed by atoms with Gasteiger partial charge in [-0.2, -0.15) is 5.26 Å². The van der Waals surface area contributed by atoms with Crippen LogP contribution >= 0.6 is 12.2 Å². The molecule has 4 N–H and O–H groups in total. The van der Waals surface area contributed by atoms with Crippen LogP contribution in [0.15, 0.2) is 0 Å². The molecule has 1 aliphatic carbocycles. The smallest absolute Gasteiger partial charge is 0.187 e. The van der Waals surface area contributed by atoms with Gasteiger partial charge in [-0.1, -0.05) is 51.9 Å². The minimum absolute atomic E-state index is 0.274. The second-order valence-corrected chi connectivity index (χ2v) is 9.14. The first-order valence-corrected chi connectivity index (χ1v) is 11.1. The van der Waals surface area contributed by atoms with E-state index in [4.69, 9.17) is 23.7 Å². The van der Waals surface area contributed by atoms with E-state index >= 15 is 0 Å². The van der Waals surface area contributed by atoms with Gasteiger partial charge in [-0.25, -0.2) is 4.90 Å². The van der Waals surface area contributed by atoms with Crippen molar-refractivity contribution < 1.29 is 0 Å². The minimum atomic E-state index is -0.328. The van der Waals surface area contributed by atoms with E-state index in [0.29, 0.717) is 16.9 Å². The minimum Gasteiger partial charge on any atom is -0.354 e. The molecule has 5 atom stereocenters. The zero-order valence-electron chi connectivity index (χ0n) is 17.9. The van der Waals surface area contributed by atoms with Gasteiger partial charge in [0.2, 0.25) is 0 Å². The average Bonchev–Trinajstić information content (AvgIpc) is 2.65. The molecule has 6 heteroatoms. The maximum atomic E-state index is 9.59. The summed E-state index contributed by atoms with van der Waals surface area (Å²) < 4.78 is 0. The largest absolute Gasteiger partial charge is 0.354 e. The monoisotopic (exact) mass is 395 g/mol. The molecule has 27 heavy (non-hydrogen) atoms. The topological polar surface area (TPSA) is 82.3 Å². The molecule has 1 aliphatic rings. The van der Waals surface area contributed by atoms with E-state index in [-0.39, 0.29) is 12.2 Å². The Bertz CT molecular complexity index is 474. The van der Waals surface area contributed by atoms with Crippen molar-refractivity contribution in [2.45, 2.75) is 90.3 Å². The van der Waals surface area contributed by atoms with Crippen molar-refractivity contribution in [1.29, 1.82) is 5.26 Å². The highest BCUT2D eigenvalue weighted by atomic mass is 32.1. The van der Waals surface area contributed by atoms with Gasteiger partial charge >= 0.3 is 0 Å². The van der Waals surface area contributed by atoms with Crippen LogP contribution in [0.5, 0.6) is 0 Å². The second kappa shape index (κ2) is 12.5. The van der Waals surface area contributed by atoms with Crippen LogP contribution in [0.1, 0.15) is 78.1 Å². The van der Waals surface area contributed by atoms with Gasteiger partial charge in [0.1, 0.15) is 0 Å². The lowest BCUT2D eigenvalue weighted by atomic mass is 9.81. The normalized spacial score (nSPS) is 25.4. The van der Waals surface area contributed by atoms with Crippen LogP contribution in [-0.4, -0.2) is 41.2 Å². The summed E-state index contributed by atoms with van der Waals surface area (Å²) in [5.74, 6) is 1.74. The van der Waals surface area contributed by atoms with Crippen molar-refractivity contribution in [2.75, 3.05) is 14.1 Å². The molecule has 5 nitrogen and oxygen atoms in total. The molecule has 1 rings (SSSR count). The number of hydrogen-bond acceptors (Lipinski definition) is 4. The number of nitrogens with two attached hydrogens (primary N) is 2. The molecule has 0 saturated heterocycles. The van der Waals surface area contributed by atoms with Gasteiger partial charge < -0.3 is 16.4 Å². The maximum Gasteiger partial charge on any atom is 0.187 e. The van der Waals surface area contributed by atoms with Gasteiger partial charge in [0.05, 0.1) is 6.17 Å². The predicted molar refractivity (Wildman–Crippen MR) is 118 cm³/mol. The predicted octanol–water partition coefficient (Wildman–Crippen LogP) is 4.03. The molecule has 0 aromatic heterocycles. The van der Waals surface area contributed by atoms with Crippen molar-refractivity contribution in [2.24, 2.45) is 29.2 Å². The summed E-state index contributed by atoms with van der Waals surface area (Å²) in [6.45, 7) is 4.48. The van der Waals surface area contributed by atoms with E-state index in [1.165, 1.54) is 49.8 Å². The molecule has 1 fully saturated rings. The first kappa shape index (κ1) is 24.1. The van der Waals surface area contributed by atoms with Crippen molar-refractivity contribution in [3.63, 3.8) is 0 Å². The lowest BCUT2D eigenvalue weighted by Crippen LogP contribution is -2.50. The molecule has 0 radical (unpaired) electrons. The summed E-state index contributed by atoms with van der Waals surface area (Å²) in [6.07, 6.45) is 13.9. The Kier molecular flexibility index (Phi) is 11.2. The summed E-state index contributed by atoms with van der Waals surface area (Å²) in [7, 11) is 3.72. The molecule has 0 spiro atoms. The van der Waals surface area contributed by atoms with Gasteiger partial charge in [-0.15, -0.1) is 0 Å². The summed E-state index contributed by atoms with van der Waals surface area (Å²) in [5, 5.41) is 10.1. The van der Waals surface area contributed by atoms with Gasteiger partial charge in [-0.3, -0.25) is 0 Å². The summed E-state index contributed by atoms with van der Waals surface area (Å²) in [5.41, 5.74) is 12.6. The third-order valence-corrected chi connectivity index (χ3v) is 6.64. The first-order chi connectivity index (χ1) is 12.8. The molecule has 156 valence electrons. The van der Waals surface area contributed by atoms with Crippen molar-refractivity contribution in [1.82, 2.24) is 9.80 Å². The van der Waals surface area contributed by atoms with Crippen LogP contribution in [-0.2, 0) is 0 Å². The SMILES string of the molecule is CC(N)CC(C)C1CCCCCCC(C(N)N(C#N)C(=S)N(C)C)CCC1. The Balaban J connectivity index is 2.76. The number of rotatable bonds is 5. The first-order valence-electron chi connectivity index (χ1n) is 10.7. The fraction of sp³-hybridized carbons (Fsp3) is 0.905. The zero-order valence-corrected chi connectivity index (χ0v) is 18.7. The van der Waals surface area contributed by atoms with Crippen LogP contribution in [0.2, 0.25) is 0 Å². The van der Waals surface area contributed by atoms with Crippen LogP contribution in [0, 0.1) is 29.2 Å². The number of hydrogen-bond donors (Lipinski definition) is 2. The van der Waals surface area contributed by atoms with Crippen LogP contribution in [0.25, 0.3) is 0 Å². The van der Waals surface area contributed by atoms with E-state index in [9.17, 15) is 5.26 Å². The Hall–Kier alpha value is -0.900. The molecular weight excluding hydrogens is 354 g/mol. The molecule has 1 saturated carbocycles. The molecular formula is C21H41N5S. The number of thiocarbonyl (C=S) groups is 1. The van der Waals surface area contributed by atoms with Crippen LogP contribution < -0.4 is 11.5 Å². The Morgan fingerprint density at radius 1 is 1.00 bits per heavy atom. The summed E-state index contributed by atoms with van der Waals surface area (Å²) in [4.78, 5) is 3.31. The van der Waals surface area contributed by atoms with Crippen molar-refractivity contribution in [3.05, 3.63) is 0 Å². The number of nitriles is 1. The van der Waals surface area contributed by atoms with Crippen molar-refractivity contribution >= 4 is 17.3 Å². The van der Waals surface area contributed by atoms with E-state index in [0.717, 1.165) is 25.2 Å². The van der Waals surface area contributed by atoms with E-state index < -0.39 is 0 Å². The third-order valence-electron chi connectivity index (χ3n) is 6.08. The Labute approximate surface area is 172 Å². The maximum absolute atomic E-state index is 9.59. The zero-order chi connectivity index (χ0) is 20.4. The third kappa shape index (κ3) is 8.33. The Morgan fingerprint density at radius 2 is 1.52 bits per heavy atom. The fourth-order valence-electron chi connectivity index (χ4n) is 4.45. The molecule has 0 heterocycles. The highest BCUT2D eigenvalue weighted by Gasteiger charge is 2.28. The Morgan fingerprint density at radius 3 is 2.04 bits per heavy atom. The average molecular weight is 396 g/mol. The summed E-state index contributed by atoms with van der Waals surface area (Å²) >= 11 is 5.41. The standard InChI is InChI=1S/C21H41N5S/c1-16(14-17(2)23)18-10-7-5-6-8-11-19(13-9-12-18)20(24)26(15-22)21(27)25(3)4/h16-20H,5-14,23-24H2,1-4H3. The quantitative estimate of drug-likeness (QED) is 0.316. The molecule has 0 aliphatic heterocycles. The van der Waals surface area contributed by atoms with E-state index in [1.54, 1.807) is 4.90 Å². The molecule has 5 unspecified atom stereocenters. The number of nitrogens with zero attached hydrogens (tertiary/aromatic N) is 3. The van der Waals surface area contributed by atoms with Gasteiger partial charge in [0.15, 0.2) is 11.3 Å². The van der Waals surface area contributed by atoms with Gasteiger partial charge in [-0.05, 0) is 56.2 Å². The van der Waals surface area contributed by atoms with Gasteiger partial charge in [0.25, 0.3) is 0 Å². The van der Waals surface area contributed by atoms with Crippen molar-refractivity contribution in [3.8, 4) is 6.19 Å². The molecule has 0 aromatic carbocycles. The molecule has 0 aromatic rings. The van der Waals surface area contributed by atoms with Gasteiger partial charge in [0, 0.05) is 20.1 Å². The highest BCUT2D eigenvalue weighted by Crippen LogP contribution is 2.31. The van der Waals surface area contributed by atoms with Crippen LogP contribution in [0.4, 0.5) is 0 Å². The fourth-order valence-corrected chi connectivity index (χ4v) is 4.61. The highest BCUT2D eigenvalue weighted by molar-refractivity contribution is 7.80. The lowest BCUT2D eigenvalue weighted by Gasteiger charge is -2.33. The van der Waals surface area contributed by atoms with E-state index in [1.807, 2.05) is 14.1 Å². The van der Waals surface area contributed by atoms with Crippen LogP contribution in [0.3, 0.4) is 0 Å². The summed E-state index contributed by atoms with van der Waals surface area (Å²) in [6, 6.07) is 0.274.